The molecule has 21 heavy (non-hydrogen) atoms. The number of carbonyl (C=O) groups is 1. The molecule has 0 spiro atoms. The van der Waals surface area contributed by atoms with Gasteiger partial charge >= 0.3 is 5.97 Å². The Hall–Kier alpha value is -1.98. The first kappa shape index (κ1) is 15.4. The monoisotopic (exact) mass is 303 g/mol. The Labute approximate surface area is 128 Å². The van der Waals surface area contributed by atoms with Crippen molar-refractivity contribution < 1.29 is 14.6 Å². The maximum absolute atomic E-state index is 10.8. The van der Waals surface area contributed by atoms with Gasteiger partial charge in [0, 0.05) is 18.5 Å². The molecular formula is C16H17NO3S. The van der Waals surface area contributed by atoms with Gasteiger partial charge in [0.2, 0.25) is 0 Å². The van der Waals surface area contributed by atoms with Crippen LogP contribution >= 0.6 is 11.8 Å². The number of thioether (sulfide) groups is 1. The first-order valence-electron chi connectivity index (χ1n) is 6.48. The molecule has 1 N–H and O–H groups in total. The van der Waals surface area contributed by atoms with Crippen LogP contribution in [0.1, 0.15) is 0 Å². The van der Waals surface area contributed by atoms with E-state index in [1.807, 2.05) is 65.6 Å². The highest BCUT2D eigenvalue weighted by Gasteiger charge is 2.21. The Balaban J connectivity index is 2.33. The Kier molecular flexibility index (Phi) is 5.66. The second-order valence-corrected chi connectivity index (χ2v) is 5.31. The minimum absolute atomic E-state index is 0.0192. The molecule has 1 unspecified atom stereocenters. The fourth-order valence-corrected chi connectivity index (χ4v) is 2.77. The van der Waals surface area contributed by atoms with E-state index in [1.165, 1.54) is 11.8 Å². The Morgan fingerprint density at radius 3 is 1.95 bits per heavy atom. The van der Waals surface area contributed by atoms with Crippen molar-refractivity contribution in [2.75, 3.05) is 17.8 Å². The largest absolute Gasteiger partial charge is 0.481 e. The van der Waals surface area contributed by atoms with Gasteiger partial charge in [-0.3, -0.25) is 4.79 Å². The summed E-state index contributed by atoms with van der Waals surface area (Å²) in [6, 6.07) is 19.6. The molecule has 0 aliphatic heterocycles. The van der Waals surface area contributed by atoms with Crippen molar-refractivity contribution in [3.05, 3.63) is 60.7 Å². The summed E-state index contributed by atoms with van der Waals surface area (Å²) in [6.07, 6.45) is 0. The van der Waals surface area contributed by atoms with Gasteiger partial charge in [-0.1, -0.05) is 48.2 Å². The van der Waals surface area contributed by atoms with Crippen LogP contribution in [-0.2, 0) is 9.53 Å². The molecule has 1 atom stereocenters. The average Bonchev–Trinajstić information content (AvgIpc) is 2.53. The maximum Gasteiger partial charge on any atom is 0.313 e. The Bertz CT molecular complexity index is 523. The number of ether oxygens (including phenoxy) is 1. The molecule has 110 valence electrons. The van der Waals surface area contributed by atoms with Crippen molar-refractivity contribution in [1.29, 1.82) is 0 Å². The van der Waals surface area contributed by atoms with Crippen LogP contribution in [0.15, 0.2) is 60.7 Å². The SMILES string of the molecule is COC(SCC(=O)O)N(c1ccccc1)c1ccccc1. The van der Waals surface area contributed by atoms with Crippen molar-refractivity contribution >= 4 is 29.1 Å². The van der Waals surface area contributed by atoms with Crippen LogP contribution < -0.4 is 4.90 Å². The number of nitrogens with zero attached hydrogens (tertiary/aromatic N) is 1. The number of methoxy groups -OCH3 is 1. The molecule has 2 rings (SSSR count). The predicted molar refractivity (Wildman–Crippen MR) is 85.9 cm³/mol. The van der Waals surface area contributed by atoms with Crippen molar-refractivity contribution in [2.24, 2.45) is 0 Å². The minimum Gasteiger partial charge on any atom is -0.481 e. The smallest absolute Gasteiger partial charge is 0.313 e. The lowest BCUT2D eigenvalue weighted by Crippen LogP contribution is -2.31. The zero-order chi connectivity index (χ0) is 15.1. The summed E-state index contributed by atoms with van der Waals surface area (Å²) in [7, 11) is 1.58. The van der Waals surface area contributed by atoms with Crippen LogP contribution in [0.4, 0.5) is 11.4 Å². The molecule has 4 nitrogen and oxygen atoms in total. The van der Waals surface area contributed by atoms with E-state index in [-0.39, 0.29) is 5.75 Å². The molecule has 0 saturated heterocycles. The molecule has 2 aromatic rings. The number of aliphatic carboxylic acids is 1. The number of anilines is 2. The van der Waals surface area contributed by atoms with E-state index >= 15 is 0 Å². The van der Waals surface area contributed by atoms with Crippen molar-refractivity contribution in [3.63, 3.8) is 0 Å². The molecule has 0 heterocycles. The first-order valence-corrected chi connectivity index (χ1v) is 7.53. The highest BCUT2D eigenvalue weighted by molar-refractivity contribution is 8.00. The zero-order valence-corrected chi connectivity index (χ0v) is 12.5. The van der Waals surface area contributed by atoms with E-state index in [9.17, 15) is 4.79 Å². The standard InChI is InChI=1S/C16H17NO3S/c1-20-16(21-12-15(18)19)17(13-8-4-2-5-9-13)14-10-6-3-7-11-14/h2-11,16H,12H2,1H3,(H,18,19). The second-order valence-electron chi connectivity index (χ2n) is 4.29. The number of para-hydroxylation sites is 2. The summed E-state index contributed by atoms with van der Waals surface area (Å²) in [5.74, 6) is -0.877. The molecular weight excluding hydrogens is 286 g/mol. The van der Waals surface area contributed by atoms with Gasteiger partial charge in [0.05, 0.1) is 5.75 Å². The van der Waals surface area contributed by atoms with Gasteiger partial charge in [0.15, 0.2) is 5.56 Å². The molecule has 0 bridgehead atoms. The molecule has 0 aliphatic carbocycles. The third kappa shape index (κ3) is 4.24. The highest BCUT2D eigenvalue weighted by Crippen LogP contribution is 2.32. The summed E-state index contributed by atoms with van der Waals surface area (Å²) < 4.78 is 5.50. The third-order valence-corrected chi connectivity index (χ3v) is 3.93. The Morgan fingerprint density at radius 1 is 1.10 bits per heavy atom. The molecule has 0 aromatic heterocycles. The molecule has 0 fully saturated rings. The van der Waals surface area contributed by atoms with Crippen LogP contribution in [0.5, 0.6) is 0 Å². The second kappa shape index (κ2) is 7.71. The number of hydrogen-bond donors (Lipinski definition) is 1. The normalized spacial score (nSPS) is 11.9. The van der Waals surface area contributed by atoms with Crippen LogP contribution in [0, 0.1) is 0 Å². The third-order valence-electron chi connectivity index (χ3n) is 2.83. The summed E-state index contributed by atoms with van der Waals surface area (Å²) in [5, 5.41) is 8.89. The molecule has 0 radical (unpaired) electrons. The van der Waals surface area contributed by atoms with Gasteiger partial charge in [-0.15, -0.1) is 0 Å². The number of carboxylic acid groups (broad SMARTS) is 1. The van der Waals surface area contributed by atoms with Crippen LogP contribution in [-0.4, -0.2) is 29.5 Å². The van der Waals surface area contributed by atoms with E-state index in [2.05, 4.69) is 0 Å². The van der Waals surface area contributed by atoms with Crippen molar-refractivity contribution in [3.8, 4) is 0 Å². The van der Waals surface area contributed by atoms with Crippen LogP contribution in [0.2, 0.25) is 0 Å². The van der Waals surface area contributed by atoms with Crippen LogP contribution in [0.25, 0.3) is 0 Å². The van der Waals surface area contributed by atoms with Gasteiger partial charge in [-0.05, 0) is 24.3 Å². The van der Waals surface area contributed by atoms with Gasteiger partial charge in [-0.25, -0.2) is 0 Å². The molecule has 0 aliphatic rings. The van der Waals surface area contributed by atoms with Gasteiger partial charge < -0.3 is 14.7 Å². The fraction of sp³-hybridized carbons (Fsp3) is 0.188. The summed E-state index contributed by atoms with van der Waals surface area (Å²) >= 11 is 1.23. The lowest BCUT2D eigenvalue weighted by molar-refractivity contribution is -0.133. The lowest BCUT2D eigenvalue weighted by Gasteiger charge is -2.31. The number of carboxylic acids is 1. The number of rotatable bonds is 7. The van der Waals surface area contributed by atoms with E-state index < -0.39 is 11.5 Å². The van der Waals surface area contributed by atoms with Gasteiger partial charge in [0.25, 0.3) is 0 Å². The maximum atomic E-state index is 10.8. The van der Waals surface area contributed by atoms with Gasteiger partial charge in [0.1, 0.15) is 0 Å². The molecule has 0 saturated carbocycles. The van der Waals surface area contributed by atoms with E-state index in [1.54, 1.807) is 7.11 Å². The lowest BCUT2D eigenvalue weighted by atomic mass is 10.2. The fourth-order valence-electron chi connectivity index (χ4n) is 1.96. The zero-order valence-electron chi connectivity index (χ0n) is 11.7. The first-order chi connectivity index (χ1) is 10.2. The quantitative estimate of drug-likeness (QED) is 0.792. The molecule has 5 heteroatoms. The van der Waals surface area contributed by atoms with E-state index in [0.29, 0.717) is 0 Å². The van der Waals surface area contributed by atoms with Crippen molar-refractivity contribution in [2.45, 2.75) is 5.56 Å². The van der Waals surface area contributed by atoms with Crippen molar-refractivity contribution in [1.82, 2.24) is 0 Å². The predicted octanol–water partition coefficient (Wildman–Crippen LogP) is 3.57. The topological polar surface area (TPSA) is 49.8 Å². The summed E-state index contributed by atoms with van der Waals surface area (Å²) in [4.78, 5) is 12.8. The number of benzene rings is 2. The van der Waals surface area contributed by atoms with Crippen LogP contribution in [0.3, 0.4) is 0 Å². The number of hydrogen-bond acceptors (Lipinski definition) is 4. The highest BCUT2D eigenvalue weighted by atomic mass is 32.2. The molecule has 2 aromatic carbocycles. The summed E-state index contributed by atoms with van der Waals surface area (Å²) in [5.41, 5.74) is 1.49. The Morgan fingerprint density at radius 2 is 1.57 bits per heavy atom. The van der Waals surface area contributed by atoms with E-state index in [4.69, 9.17) is 9.84 Å². The average molecular weight is 303 g/mol. The summed E-state index contributed by atoms with van der Waals surface area (Å²) in [6.45, 7) is 0. The molecule has 0 amide bonds. The van der Waals surface area contributed by atoms with Gasteiger partial charge in [-0.2, -0.15) is 0 Å². The van der Waals surface area contributed by atoms with E-state index in [0.717, 1.165) is 11.4 Å². The minimum atomic E-state index is -0.858.